The Balaban J connectivity index is 1.62. The van der Waals surface area contributed by atoms with Crippen LogP contribution in [0, 0.1) is 6.92 Å². The molecule has 6 heteroatoms. The van der Waals surface area contributed by atoms with Gasteiger partial charge in [-0.3, -0.25) is 9.59 Å². The number of fused-ring (bicyclic) bond motifs is 1. The van der Waals surface area contributed by atoms with Gasteiger partial charge in [-0.05, 0) is 50.2 Å². The first-order valence-electron chi connectivity index (χ1n) is 10.6. The summed E-state index contributed by atoms with van der Waals surface area (Å²) >= 11 is 0. The number of hydrogen-bond donors (Lipinski definition) is 1. The molecule has 1 unspecified atom stereocenters. The number of likely N-dealkylation sites (N-methyl/N-ethyl adjacent to an activating group) is 1. The molecular formula is C26H26N4O2. The van der Waals surface area contributed by atoms with Gasteiger partial charge < -0.3 is 14.8 Å². The van der Waals surface area contributed by atoms with Crippen molar-refractivity contribution < 1.29 is 9.59 Å². The monoisotopic (exact) mass is 426 g/mol. The highest BCUT2D eigenvalue weighted by molar-refractivity contribution is 5.95. The van der Waals surface area contributed by atoms with Gasteiger partial charge in [0.25, 0.3) is 5.91 Å². The number of benzene rings is 3. The third kappa shape index (κ3) is 4.39. The standard InChI is InChI=1S/C26H26N4O2/c1-18-10-9-11-20(16-18)26(32)27-19(2)25-28-22-14-7-8-15-23(22)30(25)17-24(31)29(3)21-12-5-4-6-13-21/h4-16,19H,17H2,1-3H3,(H,27,32). The quantitative estimate of drug-likeness (QED) is 0.494. The van der Waals surface area contributed by atoms with Gasteiger partial charge in [-0.15, -0.1) is 0 Å². The Morgan fingerprint density at radius 3 is 2.47 bits per heavy atom. The van der Waals surface area contributed by atoms with Crippen LogP contribution >= 0.6 is 0 Å². The maximum Gasteiger partial charge on any atom is 0.251 e. The summed E-state index contributed by atoms with van der Waals surface area (Å²) in [5.74, 6) is 0.396. The van der Waals surface area contributed by atoms with Crippen molar-refractivity contribution in [3.05, 3.63) is 95.8 Å². The van der Waals surface area contributed by atoms with Gasteiger partial charge in [0.05, 0.1) is 17.1 Å². The van der Waals surface area contributed by atoms with Crippen molar-refractivity contribution in [2.75, 3.05) is 11.9 Å². The molecule has 0 aliphatic heterocycles. The van der Waals surface area contributed by atoms with Gasteiger partial charge in [0.15, 0.2) is 0 Å². The molecule has 0 fully saturated rings. The topological polar surface area (TPSA) is 67.2 Å². The molecule has 2 amide bonds. The predicted octanol–water partition coefficient (Wildman–Crippen LogP) is 4.50. The van der Waals surface area contributed by atoms with Crippen molar-refractivity contribution in [1.29, 1.82) is 0 Å². The molecule has 1 N–H and O–H groups in total. The lowest BCUT2D eigenvalue weighted by Gasteiger charge is -2.20. The molecule has 1 atom stereocenters. The second kappa shape index (κ2) is 9.06. The van der Waals surface area contributed by atoms with E-state index in [1.807, 2.05) is 91.2 Å². The average molecular weight is 427 g/mol. The highest BCUT2D eigenvalue weighted by Gasteiger charge is 2.22. The zero-order chi connectivity index (χ0) is 22.7. The molecule has 0 saturated carbocycles. The number of amides is 2. The minimum absolute atomic E-state index is 0.0715. The molecule has 3 aromatic carbocycles. The van der Waals surface area contributed by atoms with E-state index in [1.54, 1.807) is 18.0 Å². The van der Waals surface area contributed by atoms with E-state index in [2.05, 4.69) is 5.32 Å². The first-order valence-corrected chi connectivity index (χ1v) is 10.6. The van der Waals surface area contributed by atoms with Crippen molar-refractivity contribution in [2.24, 2.45) is 0 Å². The summed E-state index contributed by atoms with van der Waals surface area (Å²) in [5.41, 5.74) is 4.08. The minimum Gasteiger partial charge on any atom is -0.342 e. The Kier molecular flexibility index (Phi) is 6.03. The number of aromatic nitrogens is 2. The highest BCUT2D eigenvalue weighted by Crippen LogP contribution is 2.22. The first-order chi connectivity index (χ1) is 15.4. The van der Waals surface area contributed by atoms with E-state index >= 15 is 0 Å². The van der Waals surface area contributed by atoms with Crippen LogP contribution in [-0.4, -0.2) is 28.4 Å². The molecule has 6 nitrogen and oxygen atoms in total. The Labute approximate surface area is 187 Å². The smallest absolute Gasteiger partial charge is 0.251 e. The summed E-state index contributed by atoms with van der Waals surface area (Å²) in [6.45, 7) is 3.96. The van der Waals surface area contributed by atoms with Crippen LogP contribution in [0.4, 0.5) is 5.69 Å². The zero-order valence-electron chi connectivity index (χ0n) is 18.4. The van der Waals surface area contributed by atoms with Crippen LogP contribution in [0.2, 0.25) is 0 Å². The molecule has 1 aromatic heterocycles. The SMILES string of the molecule is Cc1cccc(C(=O)NC(C)c2nc3ccccc3n2CC(=O)N(C)c2ccccc2)c1. The lowest BCUT2D eigenvalue weighted by atomic mass is 10.1. The van der Waals surface area contributed by atoms with Crippen LogP contribution in [0.1, 0.15) is 34.7 Å². The molecule has 0 spiro atoms. The number of carbonyl (C=O) groups is 2. The highest BCUT2D eigenvalue weighted by atomic mass is 16.2. The molecule has 4 aromatic rings. The van der Waals surface area contributed by atoms with E-state index < -0.39 is 0 Å². The number of hydrogen-bond acceptors (Lipinski definition) is 3. The van der Waals surface area contributed by atoms with Crippen molar-refractivity contribution in [1.82, 2.24) is 14.9 Å². The number of rotatable bonds is 6. The maximum absolute atomic E-state index is 13.1. The Morgan fingerprint density at radius 2 is 1.72 bits per heavy atom. The number of carbonyl (C=O) groups excluding carboxylic acids is 2. The lowest BCUT2D eigenvalue weighted by Crippen LogP contribution is -2.33. The van der Waals surface area contributed by atoms with Gasteiger partial charge in [-0.25, -0.2) is 4.98 Å². The van der Waals surface area contributed by atoms with Gasteiger partial charge in [0.1, 0.15) is 12.4 Å². The first kappa shape index (κ1) is 21.3. The summed E-state index contributed by atoms with van der Waals surface area (Å²) in [6, 6.07) is 24.3. The van der Waals surface area contributed by atoms with Crippen LogP contribution < -0.4 is 10.2 Å². The van der Waals surface area contributed by atoms with E-state index in [4.69, 9.17) is 4.98 Å². The third-order valence-electron chi connectivity index (χ3n) is 5.51. The number of para-hydroxylation sites is 3. The molecule has 0 aliphatic carbocycles. The van der Waals surface area contributed by atoms with E-state index in [9.17, 15) is 9.59 Å². The molecular weight excluding hydrogens is 400 g/mol. The second-order valence-electron chi connectivity index (χ2n) is 7.90. The van der Waals surface area contributed by atoms with Crippen LogP contribution in [0.15, 0.2) is 78.9 Å². The van der Waals surface area contributed by atoms with E-state index in [0.29, 0.717) is 11.4 Å². The van der Waals surface area contributed by atoms with E-state index in [-0.39, 0.29) is 24.4 Å². The zero-order valence-corrected chi connectivity index (χ0v) is 18.4. The van der Waals surface area contributed by atoms with Crippen molar-refractivity contribution in [2.45, 2.75) is 26.4 Å². The fraction of sp³-hybridized carbons (Fsp3) is 0.192. The number of anilines is 1. The minimum atomic E-state index is -0.384. The Morgan fingerprint density at radius 1 is 1.00 bits per heavy atom. The Hall–Kier alpha value is -3.93. The molecule has 32 heavy (non-hydrogen) atoms. The summed E-state index contributed by atoms with van der Waals surface area (Å²) in [6.07, 6.45) is 0. The molecule has 4 rings (SSSR count). The van der Waals surface area contributed by atoms with Crippen molar-refractivity contribution in [3.63, 3.8) is 0 Å². The summed E-state index contributed by atoms with van der Waals surface area (Å²) in [7, 11) is 1.76. The normalized spacial score (nSPS) is 11.8. The van der Waals surface area contributed by atoms with Gasteiger partial charge in [-0.2, -0.15) is 0 Å². The maximum atomic E-state index is 13.1. The van der Waals surface area contributed by atoms with Crippen LogP contribution in [-0.2, 0) is 11.3 Å². The Bertz CT molecular complexity index is 1260. The molecule has 0 saturated heterocycles. The average Bonchev–Trinajstić information content (AvgIpc) is 3.17. The lowest BCUT2D eigenvalue weighted by molar-refractivity contribution is -0.118. The van der Waals surface area contributed by atoms with Gasteiger partial charge in [0.2, 0.25) is 5.91 Å². The van der Waals surface area contributed by atoms with E-state index in [0.717, 1.165) is 22.3 Å². The van der Waals surface area contributed by atoms with Gasteiger partial charge in [0, 0.05) is 18.3 Å². The summed E-state index contributed by atoms with van der Waals surface area (Å²) in [5, 5.41) is 3.03. The van der Waals surface area contributed by atoms with Crippen molar-refractivity contribution >= 4 is 28.5 Å². The van der Waals surface area contributed by atoms with Crippen LogP contribution in [0.5, 0.6) is 0 Å². The summed E-state index contributed by atoms with van der Waals surface area (Å²) in [4.78, 5) is 32.3. The summed E-state index contributed by atoms with van der Waals surface area (Å²) < 4.78 is 1.89. The number of aryl methyl sites for hydroxylation is 1. The molecule has 0 radical (unpaired) electrons. The van der Waals surface area contributed by atoms with E-state index in [1.165, 1.54) is 0 Å². The van der Waals surface area contributed by atoms with Crippen LogP contribution in [0.3, 0.4) is 0 Å². The molecule has 0 bridgehead atoms. The van der Waals surface area contributed by atoms with Crippen LogP contribution in [0.25, 0.3) is 11.0 Å². The molecule has 1 heterocycles. The number of nitrogens with zero attached hydrogens (tertiary/aromatic N) is 3. The largest absolute Gasteiger partial charge is 0.342 e. The fourth-order valence-electron chi connectivity index (χ4n) is 3.76. The number of nitrogens with one attached hydrogen (secondary N) is 1. The van der Waals surface area contributed by atoms with Gasteiger partial charge in [-0.1, -0.05) is 48.0 Å². The third-order valence-corrected chi connectivity index (χ3v) is 5.51. The van der Waals surface area contributed by atoms with Crippen molar-refractivity contribution in [3.8, 4) is 0 Å². The molecule has 0 aliphatic rings. The predicted molar refractivity (Wildman–Crippen MR) is 127 cm³/mol. The second-order valence-corrected chi connectivity index (χ2v) is 7.90. The fourth-order valence-corrected chi connectivity index (χ4v) is 3.76. The number of imidazole rings is 1. The van der Waals surface area contributed by atoms with Gasteiger partial charge >= 0.3 is 0 Å². The molecule has 162 valence electrons.